The second-order valence-corrected chi connectivity index (χ2v) is 2.75. The quantitative estimate of drug-likeness (QED) is 0.644. The highest BCUT2D eigenvalue weighted by atomic mass is 16.4. The summed E-state index contributed by atoms with van der Waals surface area (Å²) in [6, 6.07) is 8.99. The van der Waals surface area contributed by atoms with Crippen LogP contribution >= 0.6 is 0 Å². The van der Waals surface area contributed by atoms with Gasteiger partial charge >= 0.3 is 5.63 Å². The third-order valence-electron chi connectivity index (χ3n) is 1.84. The lowest BCUT2D eigenvalue weighted by atomic mass is 10.1. The minimum absolute atomic E-state index is 0.295. The van der Waals surface area contributed by atoms with Gasteiger partial charge in [-0.1, -0.05) is 18.2 Å². The maximum Gasteiger partial charge on any atom is 0.336 e. The zero-order valence-electron chi connectivity index (χ0n) is 8.28. The molecule has 0 amide bonds. The van der Waals surface area contributed by atoms with E-state index in [0.29, 0.717) is 5.58 Å². The highest BCUT2D eigenvalue weighted by Crippen LogP contribution is 2.14. The Balaban J connectivity index is 0.000000461. The van der Waals surface area contributed by atoms with E-state index in [0.717, 1.165) is 10.9 Å². The molecule has 0 atom stereocenters. The maximum atomic E-state index is 10.9. The third-order valence-corrected chi connectivity index (χ3v) is 1.84. The Morgan fingerprint density at radius 2 is 1.86 bits per heavy atom. The second-order valence-electron chi connectivity index (χ2n) is 2.75. The van der Waals surface area contributed by atoms with Crippen molar-refractivity contribution in [2.24, 2.45) is 5.73 Å². The molecule has 0 saturated heterocycles. The van der Waals surface area contributed by atoms with Gasteiger partial charge in [0.15, 0.2) is 0 Å². The summed E-state index contributed by atoms with van der Waals surface area (Å²) in [4.78, 5) is 10.9. The molecule has 2 N–H and O–H groups in total. The summed E-state index contributed by atoms with van der Waals surface area (Å²) in [5.41, 5.74) is 5.88. The average Bonchev–Trinajstić information content (AvgIpc) is 2.22. The minimum Gasteiger partial charge on any atom is -0.422 e. The molecule has 0 aliphatic rings. The van der Waals surface area contributed by atoms with Crippen LogP contribution in [0.5, 0.6) is 0 Å². The van der Waals surface area contributed by atoms with Crippen LogP contribution in [-0.2, 0) is 0 Å². The number of benzene rings is 1. The number of hydrogen-bond acceptors (Lipinski definition) is 3. The highest BCUT2D eigenvalue weighted by Gasteiger charge is 1.97. The van der Waals surface area contributed by atoms with E-state index in [-0.39, 0.29) is 5.63 Å². The smallest absolute Gasteiger partial charge is 0.336 e. The van der Waals surface area contributed by atoms with Gasteiger partial charge in [-0.2, -0.15) is 0 Å². The van der Waals surface area contributed by atoms with Crippen LogP contribution in [0.1, 0.15) is 5.56 Å². The van der Waals surface area contributed by atoms with Crippen molar-refractivity contribution in [3.05, 3.63) is 46.3 Å². The molecule has 0 unspecified atom stereocenters. The maximum absolute atomic E-state index is 10.9. The first-order chi connectivity index (χ1) is 6.77. The molecule has 0 bridgehead atoms. The van der Waals surface area contributed by atoms with Crippen LogP contribution < -0.4 is 11.4 Å². The molecule has 0 spiro atoms. The summed E-state index contributed by atoms with van der Waals surface area (Å²) in [5, 5.41) is 0.967. The Hall–Kier alpha value is -1.61. The van der Waals surface area contributed by atoms with E-state index < -0.39 is 0 Å². The van der Waals surface area contributed by atoms with Crippen molar-refractivity contribution in [3.8, 4) is 0 Å². The van der Waals surface area contributed by atoms with E-state index in [1.807, 2.05) is 25.1 Å². The molecule has 0 fully saturated rings. The number of fused-ring (bicyclic) bond motifs is 1. The van der Waals surface area contributed by atoms with Crippen LogP contribution in [0.4, 0.5) is 0 Å². The lowest BCUT2D eigenvalue weighted by Gasteiger charge is -1.97. The number of para-hydroxylation sites is 1. The molecule has 1 aromatic carbocycles. The van der Waals surface area contributed by atoms with Gasteiger partial charge in [0.25, 0.3) is 0 Å². The van der Waals surface area contributed by atoms with Gasteiger partial charge in [-0.15, -0.1) is 0 Å². The van der Waals surface area contributed by atoms with Crippen molar-refractivity contribution in [2.45, 2.75) is 6.92 Å². The molecule has 3 heteroatoms. The fourth-order valence-corrected chi connectivity index (χ4v) is 1.24. The average molecular weight is 191 g/mol. The summed E-state index contributed by atoms with van der Waals surface area (Å²) in [6.07, 6.45) is 0. The molecule has 1 heterocycles. The van der Waals surface area contributed by atoms with E-state index in [1.165, 1.54) is 13.1 Å². The Labute approximate surface area is 82.2 Å². The lowest BCUT2D eigenvalue weighted by Crippen LogP contribution is -1.94. The highest BCUT2D eigenvalue weighted by molar-refractivity contribution is 5.79. The van der Waals surface area contributed by atoms with Crippen LogP contribution in [-0.4, -0.2) is 7.05 Å². The first-order valence-electron chi connectivity index (χ1n) is 4.34. The molecular formula is C11H13NO2. The van der Waals surface area contributed by atoms with Crippen molar-refractivity contribution in [3.63, 3.8) is 0 Å². The summed E-state index contributed by atoms with van der Waals surface area (Å²) in [5.74, 6) is 0. The second kappa shape index (κ2) is 4.58. The van der Waals surface area contributed by atoms with Gasteiger partial charge in [0.05, 0.1) is 0 Å². The van der Waals surface area contributed by atoms with Crippen molar-refractivity contribution in [1.82, 2.24) is 0 Å². The van der Waals surface area contributed by atoms with E-state index in [4.69, 9.17) is 4.42 Å². The first-order valence-corrected chi connectivity index (χ1v) is 4.34. The molecule has 0 aliphatic carbocycles. The lowest BCUT2D eigenvalue weighted by molar-refractivity contribution is 0.559. The topological polar surface area (TPSA) is 56.2 Å². The van der Waals surface area contributed by atoms with Gasteiger partial charge in [0.1, 0.15) is 5.58 Å². The summed E-state index contributed by atoms with van der Waals surface area (Å²) in [6.45, 7) is 1.92. The Kier molecular flexibility index (Phi) is 3.42. The molecule has 2 rings (SSSR count). The molecule has 2 aromatic rings. The molecule has 3 nitrogen and oxygen atoms in total. The van der Waals surface area contributed by atoms with Gasteiger partial charge < -0.3 is 10.2 Å². The van der Waals surface area contributed by atoms with E-state index in [1.54, 1.807) is 6.07 Å². The van der Waals surface area contributed by atoms with Gasteiger partial charge in [0, 0.05) is 11.5 Å². The predicted octanol–water partition coefficient (Wildman–Crippen LogP) is 1.68. The minimum atomic E-state index is -0.295. The number of nitrogens with two attached hydrogens (primary N) is 1. The van der Waals surface area contributed by atoms with Gasteiger partial charge in [0.2, 0.25) is 0 Å². The largest absolute Gasteiger partial charge is 0.422 e. The monoisotopic (exact) mass is 191 g/mol. The fraction of sp³-hybridized carbons (Fsp3) is 0.182. The molecule has 0 aliphatic heterocycles. The van der Waals surface area contributed by atoms with Crippen LogP contribution in [0.2, 0.25) is 0 Å². The zero-order chi connectivity index (χ0) is 10.6. The first kappa shape index (κ1) is 10.5. The number of rotatable bonds is 0. The van der Waals surface area contributed by atoms with Crippen molar-refractivity contribution in [2.75, 3.05) is 7.05 Å². The van der Waals surface area contributed by atoms with E-state index >= 15 is 0 Å². The molecule has 0 saturated carbocycles. The van der Waals surface area contributed by atoms with Crippen LogP contribution in [0.25, 0.3) is 11.0 Å². The molecule has 0 radical (unpaired) electrons. The van der Waals surface area contributed by atoms with Crippen LogP contribution in [0.3, 0.4) is 0 Å². The summed E-state index contributed by atoms with van der Waals surface area (Å²) in [7, 11) is 1.50. The Morgan fingerprint density at radius 1 is 1.14 bits per heavy atom. The Morgan fingerprint density at radius 3 is 2.57 bits per heavy atom. The van der Waals surface area contributed by atoms with Gasteiger partial charge in [-0.3, -0.25) is 0 Å². The zero-order valence-corrected chi connectivity index (χ0v) is 8.28. The number of aryl methyl sites for hydroxylation is 1. The fourth-order valence-electron chi connectivity index (χ4n) is 1.24. The van der Waals surface area contributed by atoms with Crippen molar-refractivity contribution in [1.29, 1.82) is 0 Å². The van der Waals surface area contributed by atoms with Crippen molar-refractivity contribution < 1.29 is 4.42 Å². The predicted molar refractivity (Wildman–Crippen MR) is 57.3 cm³/mol. The molecule has 74 valence electrons. The number of hydrogen-bond donors (Lipinski definition) is 1. The summed E-state index contributed by atoms with van der Waals surface area (Å²) < 4.78 is 5.04. The molecule has 14 heavy (non-hydrogen) atoms. The SMILES string of the molecule is CN.Cc1cccc2ccc(=O)oc12. The standard InChI is InChI=1S/C10H8O2.CH5N/c1-7-3-2-4-8-5-6-9(11)12-10(7)8;1-2/h2-6H,1H3;2H2,1H3. The normalized spacial score (nSPS) is 9.36. The third kappa shape index (κ3) is 2.00. The van der Waals surface area contributed by atoms with E-state index in [2.05, 4.69) is 5.73 Å². The van der Waals surface area contributed by atoms with Gasteiger partial charge in [-0.25, -0.2) is 4.79 Å². The van der Waals surface area contributed by atoms with Gasteiger partial charge in [-0.05, 0) is 25.6 Å². The van der Waals surface area contributed by atoms with Crippen LogP contribution in [0, 0.1) is 6.92 Å². The molecular weight excluding hydrogens is 178 g/mol. The van der Waals surface area contributed by atoms with Crippen LogP contribution in [0.15, 0.2) is 39.5 Å². The van der Waals surface area contributed by atoms with Crippen molar-refractivity contribution >= 4 is 11.0 Å². The Bertz CT molecular complexity index is 474. The molecule has 1 aromatic heterocycles. The van der Waals surface area contributed by atoms with E-state index in [9.17, 15) is 4.79 Å². The summed E-state index contributed by atoms with van der Waals surface area (Å²) >= 11 is 0.